The fourth-order valence-corrected chi connectivity index (χ4v) is 4.16. The first-order chi connectivity index (χ1) is 13.9. The Morgan fingerprint density at radius 2 is 1.76 bits per heavy atom. The largest absolute Gasteiger partial charge is 0.353 e. The van der Waals surface area contributed by atoms with E-state index in [1.165, 1.54) is 0 Å². The molecular weight excluding hydrogens is 362 g/mol. The molecule has 1 saturated heterocycles. The maximum absolute atomic E-state index is 13.3. The quantitative estimate of drug-likeness (QED) is 0.811. The van der Waals surface area contributed by atoms with Gasteiger partial charge in [0.15, 0.2) is 0 Å². The van der Waals surface area contributed by atoms with Crippen molar-refractivity contribution in [2.24, 2.45) is 5.41 Å². The van der Waals surface area contributed by atoms with Crippen molar-refractivity contribution < 1.29 is 9.59 Å². The average molecular weight is 394 g/mol. The van der Waals surface area contributed by atoms with Crippen molar-refractivity contribution in [2.45, 2.75) is 52.5 Å². The number of hydrogen-bond acceptors (Lipinski definition) is 3. The number of hydrogen-bond donors (Lipinski definition) is 1. The standard InChI is InChI=1S/C24H31N3O2/c1-4-22(28)27-15-11-24(12-16-27,23(29)26-18(2)3)17-20-7-5-6-8-21(20)19-9-13-25-14-10-19/h5-10,13-14,18H,4,11-12,15-17H2,1-3H3,(H,26,29). The normalized spacial score (nSPS) is 15.9. The van der Waals surface area contributed by atoms with Gasteiger partial charge >= 0.3 is 0 Å². The number of benzene rings is 1. The van der Waals surface area contributed by atoms with E-state index in [9.17, 15) is 9.59 Å². The molecule has 2 heterocycles. The van der Waals surface area contributed by atoms with Crippen LogP contribution in [-0.4, -0.2) is 40.8 Å². The highest BCUT2D eigenvalue weighted by Gasteiger charge is 2.42. The molecule has 1 aromatic heterocycles. The first kappa shape index (κ1) is 21.0. The van der Waals surface area contributed by atoms with E-state index in [0.717, 1.165) is 16.7 Å². The van der Waals surface area contributed by atoms with E-state index >= 15 is 0 Å². The molecule has 0 bridgehead atoms. The van der Waals surface area contributed by atoms with Crippen LogP contribution in [0.1, 0.15) is 45.6 Å². The zero-order valence-electron chi connectivity index (χ0n) is 17.6. The van der Waals surface area contributed by atoms with Gasteiger partial charge in [-0.3, -0.25) is 14.6 Å². The number of carbonyl (C=O) groups is 2. The molecule has 0 atom stereocenters. The van der Waals surface area contributed by atoms with Gasteiger partial charge < -0.3 is 10.2 Å². The van der Waals surface area contributed by atoms with Crippen LogP contribution in [0.5, 0.6) is 0 Å². The van der Waals surface area contributed by atoms with Gasteiger partial charge in [0.1, 0.15) is 0 Å². The van der Waals surface area contributed by atoms with Crippen molar-refractivity contribution in [3.8, 4) is 11.1 Å². The molecule has 1 aliphatic heterocycles. The molecule has 0 spiro atoms. The van der Waals surface area contributed by atoms with Crippen LogP contribution in [0.25, 0.3) is 11.1 Å². The molecule has 5 nitrogen and oxygen atoms in total. The molecule has 0 aliphatic carbocycles. The number of piperidine rings is 1. The summed E-state index contributed by atoms with van der Waals surface area (Å²) in [6, 6.07) is 12.4. The first-order valence-corrected chi connectivity index (χ1v) is 10.5. The van der Waals surface area contributed by atoms with Crippen LogP contribution in [0, 0.1) is 5.41 Å². The molecule has 154 valence electrons. The van der Waals surface area contributed by atoms with Crippen molar-refractivity contribution in [3.05, 3.63) is 54.4 Å². The van der Waals surface area contributed by atoms with Crippen molar-refractivity contribution in [3.63, 3.8) is 0 Å². The lowest BCUT2D eigenvalue weighted by atomic mass is 9.71. The molecule has 1 fully saturated rings. The van der Waals surface area contributed by atoms with Gasteiger partial charge in [0.25, 0.3) is 0 Å². The fourth-order valence-electron chi connectivity index (χ4n) is 4.16. The molecule has 1 aliphatic rings. The molecule has 3 rings (SSSR count). The fraction of sp³-hybridized carbons (Fsp3) is 0.458. The average Bonchev–Trinajstić information content (AvgIpc) is 2.74. The molecule has 1 N–H and O–H groups in total. The van der Waals surface area contributed by atoms with Gasteiger partial charge in [-0.1, -0.05) is 31.2 Å². The van der Waals surface area contributed by atoms with Gasteiger partial charge in [-0.2, -0.15) is 0 Å². The summed E-state index contributed by atoms with van der Waals surface area (Å²) < 4.78 is 0. The highest BCUT2D eigenvalue weighted by molar-refractivity contribution is 5.84. The summed E-state index contributed by atoms with van der Waals surface area (Å²) in [7, 11) is 0. The van der Waals surface area contributed by atoms with E-state index in [2.05, 4.69) is 22.4 Å². The Kier molecular flexibility index (Phi) is 6.68. The third-order valence-corrected chi connectivity index (χ3v) is 5.81. The van der Waals surface area contributed by atoms with Crippen LogP contribution in [0.15, 0.2) is 48.8 Å². The number of likely N-dealkylation sites (tertiary alicyclic amines) is 1. The Hall–Kier alpha value is -2.69. The SMILES string of the molecule is CCC(=O)N1CCC(Cc2ccccc2-c2ccncc2)(C(=O)NC(C)C)CC1. The summed E-state index contributed by atoms with van der Waals surface area (Å²) in [6.45, 7) is 7.14. The van der Waals surface area contributed by atoms with E-state index < -0.39 is 5.41 Å². The van der Waals surface area contributed by atoms with Gasteiger partial charge in [-0.05, 0) is 61.9 Å². The minimum Gasteiger partial charge on any atom is -0.353 e. The maximum Gasteiger partial charge on any atom is 0.226 e. The maximum atomic E-state index is 13.3. The third kappa shape index (κ3) is 4.84. The van der Waals surface area contributed by atoms with Crippen LogP contribution in [0.2, 0.25) is 0 Å². The van der Waals surface area contributed by atoms with Crippen LogP contribution >= 0.6 is 0 Å². The summed E-state index contributed by atoms with van der Waals surface area (Å²) in [5, 5.41) is 3.14. The Morgan fingerprint density at radius 3 is 2.38 bits per heavy atom. The molecule has 2 amide bonds. The summed E-state index contributed by atoms with van der Waals surface area (Å²) in [5.74, 6) is 0.265. The monoisotopic (exact) mass is 393 g/mol. The Bertz CT molecular complexity index is 840. The van der Waals surface area contributed by atoms with Gasteiger partial charge in [0.2, 0.25) is 11.8 Å². The number of pyridine rings is 1. The third-order valence-electron chi connectivity index (χ3n) is 5.81. The minimum absolute atomic E-state index is 0.0881. The van der Waals surface area contributed by atoms with E-state index in [1.54, 1.807) is 12.4 Å². The summed E-state index contributed by atoms with van der Waals surface area (Å²) in [6.07, 6.45) is 6.13. The number of carbonyl (C=O) groups excluding carboxylic acids is 2. The number of nitrogens with one attached hydrogen (secondary N) is 1. The molecule has 29 heavy (non-hydrogen) atoms. The zero-order valence-corrected chi connectivity index (χ0v) is 17.6. The lowest BCUT2D eigenvalue weighted by Crippen LogP contribution is -2.52. The second-order valence-corrected chi connectivity index (χ2v) is 8.21. The van der Waals surface area contributed by atoms with Crippen LogP contribution < -0.4 is 5.32 Å². The Morgan fingerprint density at radius 1 is 1.10 bits per heavy atom. The molecule has 0 radical (unpaired) electrons. The molecule has 0 saturated carbocycles. The number of rotatable bonds is 6. The van der Waals surface area contributed by atoms with Gasteiger partial charge in [0.05, 0.1) is 5.41 Å². The minimum atomic E-state index is -0.502. The van der Waals surface area contributed by atoms with Gasteiger partial charge in [-0.25, -0.2) is 0 Å². The lowest BCUT2D eigenvalue weighted by Gasteiger charge is -2.41. The topological polar surface area (TPSA) is 62.3 Å². The van der Waals surface area contributed by atoms with Gasteiger partial charge in [-0.15, -0.1) is 0 Å². The smallest absolute Gasteiger partial charge is 0.226 e. The first-order valence-electron chi connectivity index (χ1n) is 10.5. The summed E-state index contributed by atoms with van der Waals surface area (Å²) in [5.41, 5.74) is 2.90. The highest BCUT2D eigenvalue weighted by Crippen LogP contribution is 2.38. The predicted octanol–water partition coefficient (Wildman–Crippen LogP) is 3.83. The van der Waals surface area contributed by atoms with Crippen molar-refractivity contribution in [2.75, 3.05) is 13.1 Å². The Balaban J connectivity index is 1.91. The van der Waals surface area contributed by atoms with E-state index in [1.807, 2.05) is 49.9 Å². The molecule has 2 aromatic rings. The summed E-state index contributed by atoms with van der Waals surface area (Å²) in [4.78, 5) is 31.5. The second-order valence-electron chi connectivity index (χ2n) is 8.21. The lowest BCUT2D eigenvalue weighted by molar-refractivity contribution is -0.140. The van der Waals surface area contributed by atoms with Crippen molar-refractivity contribution in [1.82, 2.24) is 15.2 Å². The highest BCUT2D eigenvalue weighted by atomic mass is 16.2. The number of nitrogens with zero attached hydrogens (tertiary/aromatic N) is 2. The molecule has 1 aromatic carbocycles. The number of aromatic nitrogens is 1. The van der Waals surface area contributed by atoms with Crippen molar-refractivity contribution in [1.29, 1.82) is 0 Å². The zero-order chi connectivity index (χ0) is 20.9. The van der Waals surface area contributed by atoms with E-state index in [0.29, 0.717) is 38.8 Å². The van der Waals surface area contributed by atoms with E-state index in [-0.39, 0.29) is 17.9 Å². The second kappa shape index (κ2) is 9.21. The Labute approximate surface area is 173 Å². The van der Waals surface area contributed by atoms with E-state index in [4.69, 9.17) is 0 Å². The van der Waals surface area contributed by atoms with Crippen LogP contribution in [-0.2, 0) is 16.0 Å². The summed E-state index contributed by atoms with van der Waals surface area (Å²) >= 11 is 0. The molecule has 0 unspecified atom stereocenters. The predicted molar refractivity (Wildman–Crippen MR) is 115 cm³/mol. The van der Waals surface area contributed by atoms with Crippen LogP contribution in [0.4, 0.5) is 0 Å². The molecular formula is C24H31N3O2. The van der Waals surface area contributed by atoms with Crippen molar-refractivity contribution >= 4 is 11.8 Å². The van der Waals surface area contributed by atoms with Crippen LogP contribution in [0.3, 0.4) is 0 Å². The molecule has 5 heteroatoms. The number of amides is 2. The van der Waals surface area contributed by atoms with Gasteiger partial charge in [0, 0.05) is 37.9 Å².